The van der Waals surface area contributed by atoms with E-state index in [4.69, 9.17) is 9.47 Å². The van der Waals surface area contributed by atoms with E-state index in [9.17, 15) is 4.79 Å². The lowest BCUT2D eigenvalue weighted by atomic mass is 10.0. The molecule has 0 heterocycles. The van der Waals surface area contributed by atoms with E-state index in [1.54, 1.807) is 19.2 Å². The highest BCUT2D eigenvalue weighted by Gasteiger charge is 2.14. The van der Waals surface area contributed by atoms with E-state index in [1.165, 1.54) is 3.57 Å². The zero-order chi connectivity index (χ0) is 19.8. The first kappa shape index (κ1) is 20.1. The second kappa shape index (κ2) is 10.1. The van der Waals surface area contributed by atoms with Crippen LogP contribution in [0.15, 0.2) is 72.8 Å². The van der Waals surface area contributed by atoms with E-state index < -0.39 is 0 Å². The molecule has 0 bridgehead atoms. The lowest BCUT2D eigenvalue weighted by Crippen LogP contribution is -2.07. The zero-order valence-electron chi connectivity index (χ0n) is 15.4. The van der Waals surface area contributed by atoms with Crippen molar-refractivity contribution in [3.8, 4) is 17.6 Å². The topological polar surface area (TPSA) is 35.5 Å². The van der Waals surface area contributed by atoms with E-state index in [1.807, 2.05) is 36.4 Å². The first-order valence-electron chi connectivity index (χ1n) is 8.75. The van der Waals surface area contributed by atoms with Crippen LogP contribution in [0.5, 0.6) is 5.75 Å². The van der Waals surface area contributed by atoms with Crippen molar-refractivity contribution in [2.45, 2.75) is 6.10 Å². The lowest BCUT2D eigenvalue weighted by Gasteiger charge is -2.18. The smallest absolute Gasteiger partial charge is 0.150 e. The van der Waals surface area contributed by atoms with Gasteiger partial charge < -0.3 is 9.47 Å². The third-order valence-electron chi connectivity index (χ3n) is 4.19. The summed E-state index contributed by atoms with van der Waals surface area (Å²) in [5.74, 6) is 6.93. The minimum atomic E-state index is -0.213. The highest BCUT2D eigenvalue weighted by molar-refractivity contribution is 14.1. The third-order valence-corrected chi connectivity index (χ3v) is 4.91. The summed E-state index contributed by atoms with van der Waals surface area (Å²) in [5.41, 5.74) is 3.60. The largest absolute Gasteiger partial charge is 0.497 e. The summed E-state index contributed by atoms with van der Waals surface area (Å²) < 4.78 is 12.5. The number of hydrogen-bond donors (Lipinski definition) is 0. The minimum Gasteiger partial charge on any atom is -0.497 e. The minimum absolute atomic E-state index is 0.213. The third kappa shape index (κ3) is 5.44. The number of carbonyl (C=O) groups excluding carboxylic acids is 1. The number of benzene rings is 3. The molecule has 0 saturated heterocycles. The normalized spacial score (nSPS) is 11.2. The van der Waals surface area contributed by atoms with E-state index in [0.29, 0.717) is 5.56 Å². The summed E-state index contributed by atoms with van der Waals surface area (Å²) in [4.78, 5) is 10.7. The van der Waals surface area contributed by atoms with Crippen molar-refractivity contribution in [1.82, 2.24) is 0 Å². The molecule has 0 aromatic heterocycles. The van der Waals surface area contributed by atoms with Gasteiger partial charge >= 0.3 is 0 Å². The molecule has 140 valence electrons. The highest BCUT2D eigenvalue weighted by Crippen LogP contribution is 2.28. The van der Waals surface area contributed by atoms with Gasteiger partial charge in [0.25, 0.3) is 0 Å². The van der Waals surface area contributed by atoms with Gasteiger partial charge in [-0.15, -0.1) is 0 Å². The fourth-order valence-corrected chi connectivity index (χ4v) is 3.07. The second-order valence-electron chi connectivity index (χ2n) is 6.06. The number of halogens is 1. The number of rotatable bonds is 6. The molecule has 0 radical (unpaired) electrons. The Bertz CT molecular complexity index is 966. The van der Waals surface area contributed by atoms with Gasteiger partial charge in [0.15, 0.2) is 0 Å². The van der Waals surface area contributed by atoms with Crippen LogP contribution in [0.4, 0.5) is 0 Å². The molecular formula is C24H19IO3. The Kier molecular flexibility index (Phi) is 7.24. The molecule has 3 rings (SSSR count). The monoisotopic (exact) mass is 482 g/mol. The van der Waals surface area contributed by atoms with Crippen molar-refractivity contribution in [3.63, 3.8) is 0 Å². The summed E-state index contributed by atoms with van der Waals surface area (Å²) in [6.07, 6.45) is 0.607. The van der Waals surface area contributed by atoms with E-state index >= 15 is 0 Å². The Morgan fingerprint density at radius 3 is 2.11 bits per heavy atom. The van der Waals surface area contributed by atoms with Gasteiger partial charge in [0.05, 0.1) is 7.11 Å². The molecule has 0 amide bonds. The Morgan fingerprint density at radius 2 is 1.54 bits per heavy atom. The van der Waals surface area contributed by atoms with E-state index in [2.05, 4.69) is 58.7 Å². The molecular weight excluding hydrogens is 463 g/mol. The van der Waals surface area contributed by atoms with Crippen LogP contribution in [0.3, 0.4) is 0 Å². The van der Waals surface area contributed by atoms with Crippen molar-refractivity contribution in [3.05, 3.63) is 98.6 Å². The quantitative estimate of drug-likeness (QED) is 0.273. The van der Waals surface area contributed by atoms with Crippen LogP contribution in [0.25, 0.3) is 0 Å². The van der Waals surface area contributed by atoms with Gasteiger partial charge in [0.1, 0.15) is 24.7 Å². The summed E-state index contributed by atoms with van der Waals surface area (Å²) in [6.45, 7) is 0.290. The first-order valence-corrected chi connectivity index (χ1v) is 9.82. The maximum absolute atomic E-state index is 10.7. The van der Waals surface area contributed by atoms with Crippen LogP contribution in [-0.2, 0) is 4.74 Å². The molecule has 0 aliphatic carbocycles. The van der Waals surface area contributed by atoms with Crippen LogP contribution in [0.2, 0.25) is 0 Å². The van der Waals surface area contributed by atoms with Crippen LogP contribution in [0, 0.1) is 15.4 Å². The van der Waals surface area contributed by atoms with Crippen LogP contribution >= 0.6 is 22.6 Å². The maximum atomic E-state index is 10.7. The summed E-state index contributed by atoms with van der Waals surface area (Å²) >= 11 is 2.29. The fraction of sp³-hybridized carbons (Fsp3) is 0.125. The Hall–Kier alpha value is -2.62. The van der Waals surface area contributed by atoms with Gasteiger partial charge in [-0.05, 0) is 70.1 Å². The summed E-state index contributed by atoms with van der Waals surface area (Å²) in [7, 11) is 1.65. The Morgan fingerprint density at radius 1 is 0.929 bits per heavy atom. The standard InChI is InChI=1S/C24H19IO3/c1-27-23-14-10-21(11-15-23)24(20-8-12-22(25)13-9-20)28-16-2-3-18-4-6-19(17-26)7-5-18/h4-15,17,24H,16H2,1H3. The maximum Gasteiger partial charge on any atom is 0.150 e. The SMILES string of the molecule is COc1ccc(C(OCC#Cc2ccc(C=O)cc2)c2ccc(I)cc2)cc1. The van der Waals surface area contributed by atoms with Gasteiger partial charge in [-0.25, -0.2) is 0 Å². The van der Waals surface area contributed by atoms with Gasteiger partial charge in [-0.3, -0.25) is 4.79 Å². The average Bonchev–Trinajstić information content (AvgIpc) is 2.75. The molecule has 0 N–H and O–H groups in total. The van der Waals surface area contributed by atoms with E-state index in [-0.39, 0.29) is 12.7 Å². The van der Waals surface area contributed by atoms with Gasteiger partial charge in [-0.1, -0.05) is 48.2 Å². The molecule has 4 heteroatoms. The highest BCUT2D eigenvalue weighted by atomic mass is 127. The molecule has 0 aliphatic heterocycles. The molecule has 0 fully saturated rings. The van der Waals surface area contributed by atoms with Gasteiger partial charge in [0.2, 0.25) is 0 Å². The van der Waals surface area contributed by atoms with Crippen molar-refractivity contribution >= 4 is 28.9 Å². The Labute approximate surface area is 178 Å². The number of carbonyl (C=O) groups is 1. The zero-order valence-corrected chi connectivity index (χ0v) is 17.6. The average molecular weight is 482 g/mol. The van der Waals surface area contributed by atoms with Crippen molar-refractivity contribution < 1.29 is 14.3 Å². The van der Waals surface area contributed by atoms with Crippen molar-refractivity contribution in [2.24, 2.45) is 0 Å². The van der Waals surface area contributed by atoms with Gasteiger partial charge in [0, 0.05) is 14.7 Å². The summed E-state index contributed by atoms with van der Waals surface area (Å²) in [5, 5.41) is 0. The number of ether oxygens (including phenoxy) is 2. The van der Waals surface area contributed by atoms with Crippen LogP contribution in [-0.4, -0.2) is 20.0 Å². The van der Waals surface area contributed by atoms with Crippen molar-refractivity contribution in [1.29, 1.82) is 0 Å². The Balaban J connectivity index is 1.76. The van der Waals surface area contributed by atoms with Crippen molar-refractivity contribution in [2.75, 3.05) is 13.7 Å². The molecule has 3 aromatic carbocycles. The molecule has 3 aromatic rings. The number of aldehydes is 1. The molecule has 3 nitrogen and oxygen atoms in total. The van der Waals surface area contributed by atoms with Crippen LogP contribution in [0.1, 0.15) is 33.2 Å². The predicted octanol–water partition coefficient (Wildman–Crippen LogP) is 5.27. The fourth-order valence-electron chi connectivity index (χ4n) is 2.71. The van der Waals surface area contributed by atoms with Gasteiger partial charge in [-0.2, -0.15) is 0 Å². The van der Waals surface area contributed by atoms with E-state index in [0.717, 1.165) is 28.7 Å². The molecule has 0 saturated carbocycles. The first-order chi connectivity index (χ1) is 13.7. The molecule has 28 heavy (non-hydrogen) atoms. The second-order valence-corrected chi connectivity index (χ2v) is 7.30. The molecule has 1 unspecified atom stereocenters. The number of hydrogen-bond acceptors (Lipinski definition) is 3. The molecule has 1 atom stereocenters. The molecule has 0 spiro atoms. The molecule has 0 aliphatic rings. The predicted molar refractivity (Wildman–Crippen MR) is 119 cm³/mol. The lowest BCUT2D eigenvalue weighted by molar-refractivity contribution is 0.108. The summed E-state index contributed by atoms with van der Waals surface area (Å²) in [6, 6.07) is 23.3. The van der Waals surface area contributed by atoms with Crippen LogP contribution < -0.4 is 4.74 Å². The number of methoxy groups -OCH3 is 1.